The van der Waals surface area contributed by atoms with Gasteiger partial charge in [0.25, 0.3) is 0 Å². The number of unbranched alkanes of at least 4 members (excludes halogenated alkanes) is 1. The van der Waals surface area contributed by atoms with Crippen molar-refractivity contribution in [3.05, 3.63) is 53.7 Å². The largest absolute Gasteiger partial charge is 0.492 e. The summed E-state index contributed by atoms with van der Waals surface area (Å²) in [6.07, 6.45) is 6.03. The molecule has 0 aliphatic rings. The van der Waals surface area contributed by atoms with Crippen LogP contribution < -0.4 is 15.4 Å². The lowest BCUT2D eigenvalue weighted by molar-refractivity contribution is 0.313. The number of hydrogen-bond acceptors (Lipinski definition) is 5. The van der Waals surface area contributed by atoms with Crippen molar-refractivity contribution in [3.8, 4) is 5.75 Å². The third-order valence-corrected chi connectivity index (χ3v) is 3.98. The van der Waals surface area contributed by atoms with E-state index in [1.807, 2.05) is 37.4 Å². The number of thiol groups is 1. The standard InChI is InChI=1S/C20H29N3O.CH4S/c1-3-17-12-13-18(23-20(17)21-2)9-7-8-14-22-15-16-24-19-10-5-4-6-11-19;1-2/h4-6,10-13,22H,3,7-9,14-16H2,1-2H3,(H,21,23);2H,1H3. The maximum absolute atomic E-state index is 5.65. The van der Waals surface area contributed by atoms with Crippen LogP contribution in [-0.4, -0.2) is 38.0 Å². The van der Waals surface area contributed by atoms with Crippen LogP contribution in [0.15, 0.2) is 42.5 Å². The van der Waals surface area contributed by atoms with E-state index in [-0.39, 0.29) is 0 Å². The summed E-state index contributed by atoms with van der Waals surface area (Å²) in [6, 6.07) is 14.3. The molecule has 2 N–H and O–H groups in total. The van der Waals surface area contributed by atoms with E-state index in [0.29, 0.717) is 6.61 Å². The molecule has 1 aromatic heterocycles. The fourth-order valence-electron chi connectivity index (χ4n) is 2.61. The van der Waals surface area contributed by atoms with Crippen LogP contribution in [0.3, 0.4) is 0 Å². The minimum atomic E-state index is 0.704. The van der Waals surface area contributed by atoms with Gasteiger partial charge in [0, 0.05) is 19.3 Å². The average molecular weight is 376 g/mol. The zero-order chi connectivity index (χ0) is 19.0. The summed E-state index contributed by atoms with van der Waals surface area (Å²) < 4.78 is 5.65. The summed E-state index contributed by atoms with van der Waals surface area (Å²) in [5.74, 6) is 1.95. The van der Waals surface area contributed by atoms with Gasteiger partial charge in [-0.3, -0.25) is 0 Å². The number of aromatic nitrogens is 1. The van der Waals surface area contributed by atoms with Crippen LogP contribution in [0.2, 0.25) is 0 Å². The number of anilines is 1. The SMILES string of the molecule is CCc1ccc(CCCCNCCOc2ccccc2)nc1NC.CS. The molecule has 2 rings (SSSR count). The van der Waals surface area contributed by atoms with Crippen LogP contribution in [0, 0.1) is 0 Å². The number of rotatable bonds is 11. The van der Waals surface area contributed by atoms with Gasteiger partial charge >= 0.3 is 0 Å². The highest BCUT2D eigenvalue weighted by Gasteiger charge is 2.02. The van der Waals surface area contributed by atoms with E-state index in [2.05, 4.69) is 42.3 Å². The first-order chi connectivity index (χ1) is 12.8. The Morgan fingerprint density at radius 1 is 1.00 bits per heavy atom. The Kier molecular flexibility index (Phi) is 12.4. The monoisotopic (exact) mass is 375 g/mol. The van der Waals surface area contributed by atoms with Gasteiger partial charge in [0.05, 0.1) is 0 Å². The molecule has 0 amide bonds. The second-order valence-corrected chi connectivity index (χ2v) is 5.78. The van der Waals surface area contributed by atoms with Crippen molar-refractivity contribution in [3.63, 3.8) is 0 Å². The van der Waals surface area contributed by atoms with E-state index >= 15 is 0 Å². The summed E-state index contributed by atoms with van der Waals surface area (Å²) in [6.45, 7) is 4.76. The summed E-state index contributed by atoms with van der Waals surface area (Å²) in [5, 5.41) is 6.61. The van der Waals surface area contributed by atoms with Crippen LogP contribution in [0.25, 0.3) is 0 Å². The van der Waals surface area contributed by atoms with E-state index in [1.165, 1.54) is 11.3 Å². The molecular weight excluding hydrogens is 342 g/mol. The van der Waals surface area contributed by atoms with Crippen LogP contribution in [0.5, 0.6) is 5.75 Å². The number of para-hydroxylation sites is 1. The highest BCUT2D eigenvalue weighted by molar-refractivity contribution is 7.79. The lowest BCUT2D eigenvalue weighted by Crippen LogP contribution is -2.22. The van der Waals surface area contributed by atoms with Gasteiger partial charge in [0.15, 0.2) is 0 Å². The van der Waals surface area contributed by atoms with Gasteiger partial charge in [-0.2, -0.15) is 12.6 Å². The van der Waals surface area contributed by atoms with Gasteiger partial charge in [-0.05, 0) is 62.2 Å². The average Bonchev–Trinajstić information content (AvgIpc) is 2.72. The highest BCUT2D eigenvalue weighted by atomic mass is 32.1. The molecule has 5 heteroatoms. The number of hydrogen-bond donors (Lipinski definition) is 3. The number of nitrogens with zero attached hydrogens (tertiary/aromatic N) is 1. The third kappa shape index (κ3) is 8.59. The fourth-order valence-corrected chi connectivity index (χ4v) is 2.61. The van der Waals surface area contributed by atoms with Crippen LogP contribution >= 0.6 is 12.6 Å². The molecule has 0 fully saturated rings. The molecule has 144 valence electrons. The first-order valence-electron chi connectivity index (χ1n) is 9.33. The Hall–Kier alpha value is -1.72. The molecule has 0 saturated heterocycles. The van der Waals surface area contributed by atoms with E-state index in [4.69, 9.17) is 9.72 Å². The smallest absolute Gasteiger partial charge is 0.129 e. The molecule has 0 unspecified atom stereocenters. The van der Waals surface area contributed by atoms with Crippen molar-refractivity contribution < 1.29 is 4.74 Å². The zero-order valence-corrected chi connectivity index (χ0v) is 17.2. The quantitative estimate of drug-likeness (QED) is 0.406. The predicted octanol–water partition coefficient (Wildman–Crippen LogP) is 4.22. The van der Waals surface area contributed by atoms with Gasteiger partial charge in [0.2, 0.25) is 0 Å². The Morgan fingerprint density at radius 3 is 2.46 bits per heavy atom. The van der Waals surface area contributed by atoms with E-state index in [1.54, 1.807) is 6.26 Å². The normalized spacial score (nSPS) is 10.0. The van der Waals surface area contributed by atoms with Gasteiger partial charge < -0.3 is 15.4 Å². The molecule has 0 atom stereocenters. The minimum Gasteiger partial charge on any atom is -0.492 e. The second-order valence-electron chi connectivity index (χ2n) is 5.78. The molecule has 1 heterocycles. The number of ether oxygens (including phenoxy) is 1. The first-order valence-corrected chi connectivity index (χ1v) is 10.2. The molecular formula is C21H33N3OS. The molecule has 26 heavy (non-hydrogen) atoms. The van der Waals surface area contributed by atoms with Crippen molar-refractivity contribution in [2.24, 2.45) is 0 Å². The van der Waals surface area contributed by atoms with E-state index in [0.717, 1.165) is 50.3 Å². The topological polar surface area (TPSA) is 46.2 Å². The number of nitrogens with one attached hydrogen (secondary N) is 2. The van der Waals surface area contributed by atoms with Crippen LogP contribution in [0.4, 0.5) is 5.82 Å². The molecule has 0 spiro atoms. The number of aryl methyl sites for hydroxylation is 2. The lowest BCUT2D eigenvalue weighted by Gasteiger charge is -2.09. The molecule has 0 radical (unpaired) electrons. The van der Waals surface area contributed by atoms with Crippen molar-refractivity contribution >= 4 is 18.4 Å². The zero-order valence-electron chi connectivity index (χ0n) is 16.3. The Balaban J connectivity index is 0.00000163. The van der Waals surface area contributed by atoms with Gasteiger partial charge in [-0.25, -0.2) is 4.98 Å². The third-order valence-electron chi connectivity index (χ3n) is 3.98. The minimum absolute atomic E-state index is 0.704. The van der Waals surface area contributed by atoms with Gasteiger partial charge in [-0.1, -0.05) is 31.2 Å². The predicted molar refractivity (Wildman–Crippen MR) is 116 cm³/mol. The van der Waals surface area contributed by atoms with Crippen LogP contribution in [-0.2, 0) is 12.8 Å². The highest BCUT2D eigenvalue weighted by Crippen LogP contribution is 2.14. The van der Waals surface area contributed by atoms with Crippen molar-refractivity contribution in [2.45, 2.75) is 32.6 Å². The lowest BCUT2D eigenvalue weighted by atomic mass is 10.1. The number of pyridine rings is 1. The molecule has 0 aliphatic heterocycles. The van der Waals surface area contributed by atoms with E-state index < -0.39 is 0 Å². The first kappa shape index (κ1) is 22.3. The van der Waals surface area contributed by atoms with Crippen molar-refractivity contribution in [2.75, 3.05) is 38.3 Å². The molecule has 0 bridgehead atoms. The molecule has 0 aliphatic carbocycles. The summed E-state index contributed by atoms with van der Waals surface area (Å²) in [7, 11) is 1.94. The van der Waals surface area contributed by atoms with Crippen LogP contribution in [0.1, 0.15) is 31.0 Å². The fraction of sp³-hybridized carbons (Fsp3) is 0.476. The maximum Gasteiger partial charge on any atom is 0.129 e. The van der Waals surface area contributed by atoms with Gasteiger partial charge in [0.1, 0.15) is 18.2 Å². The number of benzene rings is 1. The Labute approximate surface area is 164 Å². The summed E-state index contributed by atoms with van der Waals surface area (Å²) in [4.78, 5) is 4.69. The van der Waals surface area contributed by atoms with Crippen molar-refractivity contribution in [1.29, 1.82) is 0 Å². The maximum atomic E-state index is 5.65. The van der Waals surface area contributed by atoms with Crippen molar-refractivity contribution in [1.82, 2.24) is 10.3 Å². The van der Waals surface area contributed by atoms with Gasteiger partial charge in [-0.15, -0.1) is 0 Å². The molecule has 0 saturated carbocycles. The summed E-state index contributed by atoms with van der Waals surface area (Å²) >= 11 is 3.53. The molecule has 2 aromatic rings. The summed E-state index contributed by atoms with van der Waals surface area (Å²) in [5.41, 5.74) is 2.45. The Bertz CT molecular complexity index is 593. The molecule has 1 aromatic carbocycles. The van der Waals surface area contributed by atoms with E-state index in [9.17, 15) is 0 Å². The second kappa shape index (κ2) is 14.4. The Morgan fingerprint density at radius 2 is 1.77 bits per heavy atom. The molecule has 4 nitrogen and oxygen atoms in total.